The van der Waals surface area contributed by atoms with Gasteiger partial charge in [-0.25, -0.2) is 4.79 Å². The fraction of sp³-hybridized carbons (Fsp3) is 0.846. The fourth-order valence-corrected chi connectivity index (χ4v) is 2.07. The van der Waals surface area contributed by atoms with E-state index in [2.05, 4.69) is 5.16 Å². The summed E-state index contributed by atoms with van der Waals surface area (Å²) in [5.74, 6) is 0.333. The lowest BCUT2D eigenvalue weighted by atomic mass is 9.89. The second-order valence-electron chi connectivity index (χ2n) is 6.69. The summed E-state index contributed by atoms with van der Waals surface area (Å²) in [4.78, 5) is 18.8. The Kier molecular flexibility index (Phi) is 3.03. The van der Waals surface area contributed by atoms with Gasteiger partial charge in [-0.2, -0.15) is 0 Å². The number of nitrogens with zero attached hydrogens (tertiary/aromatic N) is 2. The molecule has 1 saturated heterocycles. The van der Waals surface area contributed by atoms with Crippen LogP contribution in [-0.2, 0) is 9.57 Å². The predicted octanol–water partition coefficient (Wildman–Crippen LogP) is 2.41. The molecule has 5 heteroatoms. The number of rotatable bonds is 1. The normalized spacial score (nSPS) is 23.2. The van der Waals surface area contributed by atoms with E-state index in [1.165, 1.54) is 0 Å². The Morgan fingerprint density at radius 2 is 2.06 bits per heavy atom. The number of amides is 1. The SMILES string of the molecule is CC(C)(C)OC(=O)N1CC(C2=NOC(C)(C)C2)C1. The first-order chi connectivity index (χ1) is 8.16. The molecule has 5 nitrogen and oxygen atoms in total. The molecule has 0 spiro atoms. The molecule has 0 aromatic rings. The van der Waals surface area contributed by atoms with Crippen molar-refractivity contribution in [2.45, 2.75) is 52.2 Å². The van der Waals surface area contributed by atoms with Gasteiger partial charge in [-0.15, -0.1) is 0 Å². The quantitative estimate of drug-likeness (QED) is 0.722. The van der Waals surface area contributed by atoms with E-state index in [-0.39, 0.29) is 11.7 Å². The highest BCUT2D eigenvalue weighted by Gasteiger charge is 2.41. The Morgan fingerprint density at radius 3 is 2.50 bits per heavy atom. The van der Waals surface area contributed by atoms with Crippen molar-refractivity contribution in [1.82, 2.24) is 4.90 Å². The van der Waals surface area contributed by atoms with Crippen molar-refractivity contribution >= 4 is 11.8 Å². The van der Waals surface area contributed by atoms with Gasteiger partial charge in [0.15, 0.2) is 0 Å². The summed E-state index contributed by atoms with van der Waals surface area (Å²) in [5, 5.41) is 4.12. The van der Waals surface area contributed by atoms with E-state index in [9.17, 15) is 4.79 Å². The van der Waals surface area contributed by atoms with E-state index in [0.29, 0.717) is 19.0 Å². The lowest BCUT2D eigenvalue weighted by molar-refractivity contribution is 0.00650. The lowest BCUT2D eigenvalue weighted by Crippen LogP contribution is -2.54. The molecule has 0 aromatic carbocycles. The minimum Gasteiger partial charge on any atom is -0.444 e. The summed E-state index contributed by atoms with van der Waals surface area (Å²) in [7, 11) is 0. The first-order valence-corrected chi connectivity index (χ1v) is 6.39. The van der Waals surface area contributed by atoms with Crippen LogP contribution in [0, 0.1) is 5.92 Å². The van der Waals surface area contributed by atoms with Crippen LogP contribution < -0.4 is 0 Å². The third-order valence-corrected chi connectivity index (χ3v) is 3.02. The predicted molar refractivity (Wildman–Crippen MR) is 68.5 cm³/mol. The molecule has 0 unspecified atom stereocenters. The van der Waals surface area contributed by atoms with E-state index >= 15 is 0 Å². The number of likely N-dealkylation sites (tertiary alicyclic amines) is 1. The maximum Gasteiger partial charge on any atom is 0.410 e. The van der Waals surface area contributed by atoms with Gasteiger partial charge in [0.05, 0.1) is 5.71 Å². The Hall–Kier alpha value is -1.26. The maximum absolute atomic E-state index is 11.8. The molecular formula is C13H22N2O3. The number of carbonyl (C=O) groups excluding carboxylic acids is 1. The summed E-state index contributed by atoms with van der Waals surface area (Å²) in [6.07, 6.45) is 0.609. The zero-order chi connectivity index (χ0) is 13.6. The van der Waals surface area contributed by atoms with Crippen LogP contribution in [-0.4, -0.2) is 41.0 Å². The maximum atomic E-state index is 11.8. The zero-order valence-electron chi connectivity index (χ0n) is 11.8. The van der Waals surface area contributed by atoms with Crippen LogP contribution in [0.4, 0.5) is 4.79 Å². The summed E-state index contributed by atoms with van der Waals surface area (Å²) < 4.78 is 5.31. The molecule has 0 aromatic heterocycles. The summed E-state index contributed by atoms with van der Waals surface area (Å²) in [6, 6.07) is 0. The van der Waals surface area contributed by atoms with Gasteiger partial charge in [0, 0.05) is 25.4 Å². The van der Waals surface area contributed by atoms with Crippen LogP contribution >= 0.6 is 0 Å². The van der Waals surface area contributed by atoms with Crippen LogP contribution in [0.25, 0.3) is 0 Å². The highest BCUT2D eigenvalue weighted by Crippen LogP contribution is 2.30. The molecule has 2 heterocycles. The molecule has 1 amide bonds. The molecule has 18 heavy (non-hydrogen) atoms. The van der Waals surface area contributed by atoms with Crippen LogP contribution in [0.2, 0.25) is 0 Å². The van der Waals surface area contributed by atoms with E-state index in [1.807, 2.05) is 34.6 Å². The van der Waals surface area contributed by atoms with Crippen molar-refractivity contribution in [2.24, 2.45) is 11.1 Å². The molecule has 0 bridgehead atoms. The molecule has 2 rings (SSSR count). The number of oxime groups is 1. The Bertz CT molecular complexity index is 376. The zero-order valence-corrected chi connectivity index (χ0v) is 11.8. The Morgan fingerprint density at radius 1 is 1.44 bits per heavy atom. The average molecular weight is 254 g/mol. The van der Waals surface area contributed by atoms with Crippen LogP contribution in [0.3, 0.4) is 0 Å². The van der Waals surface area contributed by atoms with Crippen molar-refractivity contribution in [3.05, 3.63) is 0 Å². The molecule has 0 atom stereocenters. The van der Waals surface area contributed by atoms with Crippen molar-refractivity contribution in [1.29, 1.82) is 0 Å². The van der Waals surface area contributed by atoms with Crippen molar-refractivity contribution in [3.8, 4) is 0 Å². The molecule has 0 saturated carbocycles. The van der Waals surface area contributed by atoms with Gasteiger partial charge < -0.3 is 14.5 Å². The number of carbonyl (C=O) groups is 1. The molecular weight excluding hydrogens is 232 g/mol. The summed E-state index contributed by atoms with van der Waals surface area (Å²) in [6.45, 7) is 11.0. The molecule has 1 fully saturated rings. The number of ether oxygens (including phenoxy) is 1. The third-order valence-electron chi connectivity index (χ3n) is 3.02. The molecule has 2 aliphatic heterocycles. The molecule has 0 N–H and O–H groups in total. The van der Waals surface area contributed by atoms with Gasteiger partial charge in [-0.05, 0) is 34.6 Å². The van der Waals surface area contributed by atoms with E-state index < -0.39 is 5.60 Å². The van der Waals surface area contributed by atoms with Gasteiger partial charge in [-0.3, -0.25) is 0 Å². The average Bonchev–Trinajstić information content (AvgIpc) is 2.39. The van der Waals surface area contributed by atoms with Gasteiger partial charge in [0.25, 0.3) is 0 Å². The molecule has 0 radical (unpaired) electrons. The Labute approximate surface area is 108 Å². The first-order valence-electron chi connectivity index (χ1n) is 6.39. The largest absolute Gasteiger partial charge is 0.444 e. The van der Waals surface area contributed by atoms with Crippen molar-refractivity contribution in [2.75, 3.05) is 13.1 Å². The van der Waals surface area contributed by atoms with Crippen LogP contribution in [0.5, 0.6) is 0 Å². The van der Waals surface area contributed by atoms with E-state index in [4.69, 9.17) is 9.57 Å². The molecule has 2 aliphatic rings. The topological polar surface area (TPSA) is 51.1 Å². The number of hydrogen-bond acceptors (Lipinski definition) is 4. The standard InChI is InChI=1S/C13H22N2O3/c1-12(2,3)17-11(16)15-7-9(8-15)10-6-13(4,5)18-14-10/h9H,6-8H2,1-5H3. The van der Waals surface area contributed by atoms with Gasteiger partial charge in [0.2, 0.25) is 0 Å². The Balaban J connectivity index is 1.80. The monoisotopic (exact) mass is 254 g/mol. The molecule has 0 aliphatic carbocycles. The van der Waals surface area contributed by atoms with Gasteiger partial charge >= 0.3 is 6.09 Å². The fourth-order valence-electron chi connectivity index (χ4n) is 2.07. The second-order valence-corrected chi connectivity index (χ2v) is 6.69. The van der Waals surface area contributed by atoms with E-state index in [0.717, 1.165) is 12.1 Å². The lowest BCUT2D eigenvalue weighted by Gasteiger charge is -2.39. The summed E-state index contributed by atoms with van der Waals surface area (Å²) in [5.41, 5.74) is 0.444. The van der Waals surface area contributed by atoms with Crippen molar-refractivity contribution < 1.29 is 14.4 Å². The van der Waals surface area contributed by atoms with Gasteiger partial charge in [-0.1, -0.05) is 5.16 Å². The van der Waals surface area contributed by atoms with E-state index in [1.54, 1.807) is 4.90 Å². The van der Waals surface area contributed by atoms with Crippen LogP contribution in [0.1, 0.15) is 41.0 Å². The first kappa shape index (κ1) is 13.2. The minimum atomic E-state index is -0.432. The summed E-state index contributed by atoms with van der Waals surface area (Å²) >= 11 is 0. The second kappa shape index (κ2) is 4.14. The number of hydrogen-bond donors (Lipinski definition) is 0. The van der Waals surface area contributed by atoms with Crippen molar-refractivity contribution in [3.63, 3.8) is 0 Å². The minimum absolute atomic E-state index is 0.193. The van der Waals surface area contributed by atoms with Crippen LogP contribution in [0.15, 0.2) is 5.16 Å². The highest BCUT2D eigenvalue weighted by atomic mass is 16.7. The highest BCUT2D eigenvalue weighted by molar-refractivity contribution is 5.90. The van der Waals surface area contributed by atoms with Gasteiger partial charge in [0.1, 0.15) is 11.2 Å². The molecule has 102 valence electrons. The third kappa shape index (κ3) is 2.94. The smallest absolute Gasteiger partial charge is 0.410 e.